The fraction of sp³-hybridized carbons (Fsp3) is 0.407. The molecular weight excluding hydrogens is 468 g/mol. The Morgan fingerprint density at radius 1 is 1.00 bits per heavy atom. The SMILES string of the molecule is CCCCN=C1S/C(=C\c2ccc(OCc3ccc(Cl)cc3)c(OCC)c2)C(=O)N1CCCC. The fourth-order valence-corrected chi connectivity index (χ4v) is 4.52. The second-order valence-electron chi connectivity index (χ2n) is 7.99. The van der Waals surface area contributed by atoms with E-state index in [-0.39, 0.29) is 5.91 Å². The number of thioether (sulfide) groups is 1. The third-order valence-corrected chi connectivity index (χ3v) is 6.55. The van der Waals surface area contributed by atoms with E-state index < -0.39 is 0 Å². The van der Waals surface area contributed by atoms with E-state index in [0.29, 0.717) is 41.2 Å². The van der Waals surface area contributed by atoms with E-state index in [1.165, 1.54) is 11.8 Å². The number of unbranched alkanes of at least 4 members (excludes halogenated alkanes) is 2. The van der Waals surface area contributed by atoms with E-state index in [4.69, 9.17) is 26.1 Å². The number of aliphatic imine (C=N–C) groups is 1. The van der Waals surface area contributed by atoms with Crippen LogP contribution in [0.2, 0.25) is 5.02 Å². The number of hydrogen-bond donors (Lipinski definition) is 0. The van der Waals surface area contributed by atoms with Crippen LogP contribution in [0.25, 0.3) is 6.08 Å². The zero-order valence-corrected chi connectivity index (χ0v) is 21.8. The zero-order chi connectivity index (χ0) is 24.3. The van der Waals surface area contributed by atoms with Gasteiger partial charge in [-0.05, 0) is 73.0 Å². The Hall–Kier alpha value is -2.44. The molecule has 0 radical (unpaired) electrons. The Balaban J connectivity index is 1.79. The molecule has 0 spiro atoms. The lowest BCUT2D eigenvalue weighted by Crippen LogP contribution is -2.30. The van der Waals surface area contributed by atoms with Crippen LogP contribution in [-0.2, 0) is 11.4 Å². The van der Waals surface area contributed by atoms with Crippen LogP contribution in [0.4, 0.5) is 0 Å². The first-order chi connectivity index (χ1) is 16.5. The summed E-state index contributed by atoms with van der Waals surface area (Å²) in [6, 6.07) is 13.3. The number of amidine groups is 1. The van der Waals surface area contributed by atoms with Crippen LogP contribution in [-0.4, -0.2) is 35.7 Å². The van der Waals surface area contributed by atoms with Crippen LogP contribution in [0.1, 0.15) is 57.6 Å². The van der Waals surface area contributed by atoms with E-state index in [9.17, 15) is 4.79 Å². The van der Waals surface area contributed by atoms with Crippen LogP contribution < -0.4 is 9.47 Å². The molecule has 0 atom stereocenters. The van der Waals surface area contributed by atoms with Gasteiger partial charge >= 0.3 is 0 Å². The third kappa shape index (κ3) is 7.28. The van der Waals surface area contributed by atoms with Gasteiger partial charge in [-0.2, -0.15) is 0 Å². The molecule has 0 N–H and O–H groups in total. The summed E-state index contributed by atoms with van der Waals surface area (Å²) < 4.78 is 11.8. The van der Waals surface area contributed by atoms with Crippen molar-refractivity contribution in [2.45, 2.75) is 53.1 Å². The maximum atomic E-state index is 13.1. The van der Waals surface area contributed by atoms with Crippen LogP contribution in [0.5, 0.6) is 11.5 Å². The van der Waals surface area contributed by atoms with Gasteiger partial charge in [-0.3, -0.25) is 14.7 Å². The lowest BCUT2D eigenvalue weighted by Gasteiger charge is -2.14. The van der Waals surface area contributed by atoms with E-state index in [1.54, 1.807) is 0 Å². The van der Waals surface area contributed by atoms with Crippen LogP contribution in [0, 0.1) is 0 Å². The van der Waals surface area contributed by atoms with Crippen molar-refractivity contribution in [3.63, 3.8) is 0 Å². The molecule has 1 aliphatic heterocycles. The second kappa shape index (κ2) is 13.4. The molecule has 34 heavy (non-hydrogen) atoms. The zero-order valence-electron chi connectivity index (χ0n) is 20.2. The average Bonchev–Trinajstić information content (AvgIpc) is 3.12. The number of benzene rings is 2. The van der Waals surface area contributed by atoms with E-state index in [2.05, 4.69) is 13.8 Å². The van der Waals surface area contributed by atoms with Crippen molar-refractivity contribution in [1.82, 2.24) is 4.90 Å². The summed E-state index contributed by atoms with van der Waals surface area (Å²) in [5.41, 5.74) is 1.91. The average molecular weight is 501 g/mol. The lowest BCUT2D eigenvalue weighted by atomic mass is 10.1. The Bertz CT molecular complexity index is 1020. The van der Waals surface area contributed by atoms with Gasteiger partial charge in [0.15, 0.2) is 16.7 Å². The highest BCUT2D eigenvalue weighted by Crippen LogP contribution is 2.35. The molecule has 1 heterocycles. The lowest BCUT2D eigenvalue weighted by molar-refractivity contribution is -0.122. The molecule has 0 bridgehead atoms. The first kappa shape index (κ1) is 26.2. The highest BCUT2D eigenvalue weighted by Gasteiger charge is 2.32. The Morgan fingerprint density at radius 3 is 2.47 bits per heavy atom. The highest BCUT2D eigenvalue weighted by atomic mass is 35.5. The number of rotatable bonds is 12. The van der Waals surface area contributed by atoms with E-state index in [0.717, 1.165) is 48.5 Å². The van der Waals surface area contributed by atoms with Crippen LogP contribution >= 0.6 is 23.4 Å². The van der Waals surface area contributed by atoms with E-state index >= 15 is 0 Å². The van der Waals surface area contributed by atoms with Gasteiger partial charge < -0.3 is 9.47 Å². The molecule has 3 rings (SSSR count). The van der Waals surface area contributed by atoms with Gasteiger partial charge in [0.25, 0.3) is 5.91 Å². The molecule has 5 nitrogen and oxygen atoms in total. The summed E-state index contributed by atoms with van der Waals surface area (Å²) in [6.45, 7) is 8.59. The molecule has 0 saturated carbocycles. The van der Waals surface area contributed by atoms with Crippen LogP contribution in [0.3, 0.4) is 0 Å². The number of carbonyl (C=O) groups is 1. The van der Waals surface area contributed by atoms with Crippen molar-refractivity contribution in [2.75, 3.05) is 19.7 Å². The maximum Gasteiger partial charge on any atom is 0.266 e. The van der Waals surface area contributed by atoms with Crippen molar-refractivity contribution in [2.24, 2.45) is 4.99 Å². The molecule has 0 aromatic heterocycles. The number of halogens is 1. The van der Waals surface area contributed by atoms with Crippen molar-refractivity contribution in [3.05, 3.63) is 63.5 Å². The smallest absolute Gasteiger partial charge is 0.266 e. The summed E-state index contributed by atoms with van der Waals surface area (Å²) in [4.78, 5) is 20.3. The molecule has 1 amide bonds. The number of hydrogen-bond acceptors (Lipinski definition) is 5. The minimum atomic E-state index is 0.0229. The number of carbonyl (C=O) groups excluding carboxylic acids is 1. The summed E-state index contributed by atoms with van der Waals surface area (Å²) >= 11 is 7.42. The van der Waals surface area contributed by atoms with Crippen LogP contribution in [0.15, 0.2) is 52.4 Å². The predicted molar refractivity (Wildman–Crippen MR) is 143 cm³/mol. The summed E-state index contributed by atoms with van der Waals surface area (Å²) in [5, 5.41) is 1.51. The maximum absolute atomic E-state index is 13.1. The molecular formula is C27H33ClN2O3S. The Morgan fingerprint density at radius 2 is 1.76 bits per heavy atom. The summed E-state index contributed by atoms with van der Waals surface area (Å²) in [5.74, 6) is 1.34. The molecule has 7 heteroatoms. The topological polar surface area (TPSA) is 51.1 Å². The number of amides is 1. The largest absolute Gasteiger partial charge is 0.490 e. The van der Waals surface area contributed by atoms with E-state index in [1.807, 2.05) is 60.4 Å². The van der Waals surface area contributed by atoms with Crippen molar-refractivity contribution in [1.29, 1.82) is 0 Å². The predicted octanol–water partition coefficient (Wildman–Crippen LogP) is 7.19. The van der Waals surface area contributed by atoms with Crippen molar-refractivity contribution in [3.8, 4) is 11.5 Å². The number of ether oxygens (including phenoxy) is 2. The quantitative estimate of drug-likeness (QED) is 0.228. The van der Waals surface area contributed by atoms with Gasteiger partial charge in [0.05, 0.1) is 11.5 Å². The first-order valence-corrected chi connectivity index (χ1v) is 13.1. The summed E-state index contributed by atoms with van der Waals surface area (Å²) in [7, 11) is 0. The molecule has 1 aliphatic rings. The molecule has 0 aliphatic carbocycles. The van der Waals surface area contributed by atoms with Gasteiger partial charge in [-0.1, -0.05) is 56.5 Å². The van der Waals surface area contributed by atoms with Gasteiger partial charge in [-0.25, -0.2) is 0 Å². The minimum absolute atomic E-state index is 0.0229. The van der Waals surface area contributed by atoms with Crippen molar-refractivity contribution < 1.29 is 14.3 Å². The van der Waals surface area contributed by atoms with Gasteiger partial charge in [0, 0.05) is 18.1 Å². The molecule has 2 aromatic carbocycles. The molecule has 1 fully saturated rings. The molecule has 1 saturated heterocycles. The molecule has 2 aromatic rings. The Labute approximate surface area is 212 Å². The fourth-order valence-electron chi connectivity index (χ4n) is 3.37. The summed E-state index contributed by atoms with van der Waals surface area (Å²) in [6.07, 6.45) is 6.01. The minimum Gasteiger partial charge on any atom is -0.490 e. The molecule has 0 unspecified atom stereocenters. The Kier molecular flexibility index (Phi) is 10.4. The molecule has 182 valence electrons. The monoisotopic (exact) mass is 500 g/mol. The van der Waals surface area contributed by atoms with Gasteiger partial charge in [0.1, 0.15) is 6.61 Å². The van der Waals surface area contributed by atoms with Gasteiger partial charge in [0.2, 0.25) is 0 Å². The number of nitrogens with zero attached hydrogens (tertiary/aromatic N) is 2. The standard InChI is InChI=1S/C27H33ClN2O3S/c1-4-7-15-29-27-30(16-8-5-2)26(31)25(34-27)18-21-11-14-23(24(17-21)32-6-3)33-19-20-9-12-22(28)13-10-20/h9-14,17-18H,4-8,15-16,19H2,1-3H3/b25-18-,29-27?. The highest BCUT2D eigenvalue weighted by molar-refractivity contribution is 8.18. The normalized spacial score (nSPS) is 16.0. The van der Waals surface area contributed by atoms with Gasteiger partial charge in [-0.15, -0.1) is 0 Å². The third-order valence-electron chi connectivity index (χ3n) is 5.26. The van der Waals surface area contributed by atoms with Crippen molar-refractivity contribution >= 4 is 40.5 Å². The second-order valence-corrected chi connectivity index (χ2v) is 9.44. The first-order valence-electron chi connectivity index (χ1n) is 12.0.